The zero-order valence-corrected chi connectivity index (χ0v) is 13.3. The highest BCUT2D eigenvalue weighted by Crippen LogP contribution is 2.32. The molecule has 1 N–H and O–H groups in total. The van der Waals surface area contributed by atoms with Crippen molar-refractivity contribution in [1.29, 1.82) is 0 Å². The highest BCUT2D eigenvalue weighted by Gasteiger charge is 2.31. The topological polar surface area (TPSA) is 50.5 Å². The van der Waals surface area contributed by atoms with Crippen LogP contribution in [0.5, 0.6) is 5.88 Å². The van der Waals surface area contributed by atoms with E-state index in [1.165, 1.54) is 19.3 Å². The molecule has 1 unspecified atom stereocenters. The monoisotopic (exact) mass is 313 g/mol. The van der Waals surface area contributed by atoms with Crippen LogP contribution in [0, 0.1) is 5.92 Å². The summed E-state index contributed by atoms with van der Waals surface area (Å²) in [5.74, 6) is 1.35. The molecule has 1 aliphatic carbocycles. The summed E-state index contributed by atoms with van der Waals surface area (Å²) in [6.07, 6.45) is 3.37. The quantitative estimate of drug-likeness (QED) is 0.922. The average Bonchev–Trinajstić information content (AvgIpc) is 2.96. The number of hydrogen-bond acceptors (Lipinski definition) is 4. The van der Waals surface area contributed by atoms with E-state index in [-0.39, 0.29) is 0 Å². The minimum Gasteiger partial charge on any atom is -0.472 e. The highest BCUT2D eigenvalue weighted by atomic mass is 16.5. The van der Waals surface area contributed by atoms with E-state index in [4.69, 9.17) is 4.74 Å². The second-order valence-corrected chi connectivity index (χ2v) is 6.57. The lowest BCUT2D eigenvalue weighted by molar-refractivity contribution is -0.0385. The lowest BCUT2D eigenvalue weighted by Crippen LogP contribution is -2.42. The Morgan fingerprint density at radius 2 is 2.00 bits per heavy atom. The molecule has 2 aliphatic rings. The molecule has 2 aromatic rings. The van der Waals surface area contributed by atoms with Crippen LogP contribution in [0.15, 0.2) is 36.4 Å². The van der Waals surface area contributed by atoms with Crippen LogP contribution >= 0.6 is 0 Å². The van der Waals surface area contributed by atoms with Crippen molar-refractivity contribution in [1.82, 2.24) is 14.7 Å². The summed E-state index contributed by atoms with van der Waals surface area (Å²) in [4.78, 5) is 2.17. The Kier molecular flexibility index (Phi) is 4.06. The van der Waals surface area contributed by atoms with Crippen LogP contribution in [0.2, 0.25) is 0 Å². The molecule has 5 nitrogen and oxygen atoms in total. The molecule has 0 spiro atoms. The maximum absolute atomic E-state index is 10.6. The van der Waals surface area contributed by atoms with Crippen LogP contribution in [-0.4, -0.2) is 32.9 Å². The molecule has 2 heterocycles. The molecular weight excluding hydrogens is 290 g/mol. The van der Waals surface area contributed by atoms with E-state index < -0.39 is 6.23 Å². The van der Waals surface area contributed by atoms with Gasteiger partial charge in [0.2, 0.25) is 5.88 Å². The predicted octanol–water partition coefficient (Wildman–Crippen LogP) is 2.57. The first kappa shape index (κ1) is 14.7. The van der Waals surface area contributed by atoms with Crippen LogP contribution in [-0.2, 0) is 13.2 Å². The molecule has 0 saturated heterocycles. The van der Waals surface area contributed by atoms with Crippen molar-refractivity contribution in [3.63, 3.8) is 0 Å². The summed E-state index contributed by atoms with van der Waals surface area (Å²) >= 11 is 0. The third-order valence-corrected chi connectivity index (χ3v) is 4.95. The van der Waals surface area contributed by atoms with Crippen LogP contribution in [0.1, 0.15) is 36.7 Å². The first-order valence-corrected chi connectivity index (χ1v) is 8.46. The summed E-state index contributed by atoms with van der Waals surface area (Å²) in [5, 5.41) is 15.1. The Morgan fingerprint density at radius 1 is 1.17 bits per heavy atom. The largest absolute Gasteiger partial charge is 0.472 e. The van der Waals surface area contributed by atoms with Crippen LogP contribution < -0.4 is 4.74 Å². The maximum atomic E-state index is 10.6. The van der Waals surface area contributed by atoms with Crippen molar-refractivity contribution in [2.24, 2.45) is 5.92 Å². The van der Waals surface area contributed by atoms with E-state index in [0.717, 1.165) is 36.8 Å². The van der Waals surface area contributed by atoms with Crippen molar-refractivity contribution >= 4 is 0 Å². The van der Waals surface area contributed by atoms with Gasteiger partial charge in [-0.05, 0) is 24.3 Å². The first-order valence-electron chi connectivity index (χ1n) is 8.46. The highest BCUT2D eigenvalue weighted by molar-refractivity contribution is 5.20. The van der Waals surface area contributed by atoms with Crippen molar-refractivity contribution in [2.45, 2.75) is 38.6 Å². The van der Waals surface area contributed by atoms with E-state index >= 15 is 0 Å². The molecule has 1 saturated carbocycles. The van der Waals surface area contributed by atoms with Gasteiger partial charge in [0.25, 0.3) is 0 Å². The molecule has 0 radical (unpaired) electrons. The SMILES string of the molecule is OC1c2cc(OCc3ccccc3)nn2CCN1CC1CCC1. The Balaban J connectivity index is 1.41. The number of benzene rings is 1. The van der Waals surface area contributed by atoms with Crippen molar-refractivity contribution in [3.05, 3.63) is 47.7 Å². The van der Waals surface area contributed by atoms with Crippen LogP contribution in [0.4, 0.5) is 0 Å². The van der Waals surface area contributed by atoms with Gasteiger partial charge in [0.15, 0.2) is 6.23 Å². The summed E-state index contributed by atoms with van der Waals surface area (Å²) in [6.45, 7) is 3.16. The zero-order chi connectivity index (χ0) is 15.6. The molecule has 0 amide bonds. The summed E-state index contributed by atoms with van der Waals surface area (Å²) < 4.78 is 7.66. The van der Waals surface area contributed by atoms with Gasteiger partial charge in [0.05, 0.1) is 12.2 Å². The van der Waals surface area contributed by atoms with Gasteiger partial charge in [-0.1, -0.05) is 36.8 Å². The van der Waals surface area contributed by atoms with E-state index in [0.29, 0.717) is 12.5 Å². The minimum atomic E-state index is -0.564. The van der Waals surface area contributed by atoms with E-state index in [9.17, 15) is 5.11 Å². The molecular formula is C18H23N3O2. The van der Waals surface area contributed by atoms with Gasteiger partial charge in [-0.2, -0.15) is 0 Å². The third kappa shape index (κ3) is 3.12. The average molecular weight is 313 g/mol. The van der Waals surface area contributed by atoms with Crippen molar-refractivity contribution in [2.75, 3.05) is 13.1 Å². The van der Waals surface area contributed by atoms with E-state index in [1.807, 2.05) is 41.1 Å². The molecule has 1 aromatic heterocycles. The molecule has 4 rings (SSSR count). The first-order chi connectivity index (χ1) is 11.3. The van der Waals surface area contributed by atoms with Gasteiger partial charge >= 0.3 is 0 Å². The number of aromatic nitrogens is 2. The van der Waals surface area contributed by atoms with Gasteiger partial charge in [-0.25, -0.2) is 0 Å². The van der Waals surface area contributed by atoms with Gasteiger partial charge in [-0.15, -0.1) is 5.10 Å². The fraction of sp³-hybridized carbons (Fsp3) is 0.500. The number of nitrogens with zero attached hydrogens (tertiary/aromatic N) is 3. The molecule has 1 aliphatic heterocycles. The maximum Gasteiger partial charge on any atom is 0.233 e. The smallest absolute Gasteiger partial charge is 0.233 e. The normalized spacial score (nSPS) is 21.7. The van der Waals surface area contributed by atoms with Crippen molar-refractivity contribution in [3.8, 4) is 5.88 Å². The van der Waals surface area contributed by atoms with Crippen LogP contribution in [0.25, 0.3) is 0 Å². The van der Waals surface area contributed by atoms with E-state index in [1.54, 1.807) is 0 Å². The Labute approximate surface area is 136 Å². The van der Waals surface area contributed by atoms with Gasteiger partial charge < -0.3 is 9.84 Å². The lowest BCUT2D eigenvalue weighted by atomic mass is 9.85. The number of rotatable bonds is 5. The second-order valence-electron chi connectivity index (χ2n) is 6.57. The minimum absolute atomic E-state index is 0.499. The standard InChI is InChI=1S/C18H23N3O2/c22-18-16-11-17(23-13-15-5-2-1-3-6-15)19-21(16)10-9-20(18)12-14-7-4-8-14/h1-3,5-6,11,14,18,22H,4,7-10,12-13H2. The lowest BCUT2D eigenvalue weighted by Gasteiger charge is -2.37. The Hall–Kier alpha value is -1.85. The fourth-order valence-electron chi connectivity index (χ4n) is 3.33. The summed E-state index contributed by atoms with van der Waals surface area (Å²) in [6, 6.07) is 11.9. The van der Waals surface area contributed by atoms with Crippen LogP contribution in [0.3, 0.4) is 0 Å². The summed E-state index contributed by atoms with van der Waals surface area (Å²) in [7, 11) is 0. The molecule has 1 atom stereocenters. The fourth-order valence-corrected chi connectivity index (χ4v) is 3.33. The Morgan fingerprint density at radius 3 is 2.74 bits per heavy atom. The number of aliphatic hydroxyl groups excluding tert-OH is 1. The predicted molar refractivity (Wildman–Crippen MR) is 86.9 cm³/mol. The summed E-state index contributed by atoms with van der Waals surface area (Å²) in [5.41, 5.74) is 1.96. The zero-order valence-electron chi connectivity index (χ0n) is 13.3. The molecule has 122 valence electrons. The number of aliphatic hydroxyl groups is 1. The number of hydrogen-bond donors (Lipinski definition) is 1. The van der Waals surface area contributed by atoms with Gasteiger partial charge in [-0.3, -0.25) is 9.58 Å². The number of ether oxygens (including phenoxy) is 1. The third-order valence-electron chi connectivity index (χ3n) is 4.95. The molecule has 5 heteroatoms. The number of fused-ring (bicyclic) bond motifs is 1. The van der Waals surface area contributed by atoms with Gasteiger partial charge in [0.1, 0.15) is 6.61 Å². The molecule has 1 fully saturated rings. The Bertz CT molecular complexity index is 652. The molecule has 1 aromatic carbocycles. The van der Waals surface area contributed by atoms with Gasteiger partial charge in [0, 0.05) is 19.2 Å². The van der Waals surface area contributed by atoms with E-state index in [2.05, 4.69) is 10.00 Å². The second kappa shape index (κ2) is 6.34. The molecule has 23 heavy (non-hydrogen) atoms. The van der Waals surface area contributed by atoms with Crippen molar-refractivity contribution < 1.29 is 9.84 Å². The molecule has 0 bridgehead atoms.